The highest BCUT2D eigenvalue weighted by atomic mass is 32.2. The fraction of sp³-hybridized carbons (Fsp3) is 0.227. The molecule has 1 aromatic heterocycles. The third-order valence-corrected chi connectivity index (χ3v) is 7.54. The van der Waals surface area contributed by atoms with Crippen LogP contribution in [0.1, 0.15) is 15.2 Å². The molecule has 0 spiro atoms. The van der Waals surface area contributed by atoms with Crippen LogP contribution >= 0.6 is 23.1 Å². The Balaban J connectivity index is 1.33. The number of rotatable bonds is 2. The summed E-state index contributed by atoms with van der Waals surface area (Å²) < 4.78 is 0. The van der Waals surface area contributed by atoms with Crippen LogP contribution in [0.15, 0.2) is 65.6 Å². The van der Waals surface area contributed by atoms with Gasteiger partial charge in [0.05, 0.1) is 4.88 Å². The molecule has 5 heteroatoms. The van der Waals surface area contributed by atoms with Crippen molar-refractivity contribution in [3.05, 3.63) is 71.1 Å². The molecule has 3 aromatic rings. The summed E-state index contributed by atoms with van der Waals surface area (Å²) in [7, 11) is 0. The van der Waals surface area contributed by atoms with Crippen molar-refractivity contribution < 1.29 is 4.79 Å². The van der Waals surface area contributed by atoms with Gasteiger partial charge in [-0.25, -0.2) is 0 Å². The van der Waals surface area contributed by atoms with Crippen molar-refractivity contribution in [3.8, 4) is 10.4 Å². The van der Waals surface area contributed by atoms with E-state index >= 15 is 0 Å². The maximum Gasteiger partial charge on any atom is 0.264 e. The third-order valence-electron chi connectivity index (χ3n) is 5.22. The van der Waals surface area contributed by atoms with Gasteiger partial charge in [-0.05, 0) is 29.8 Å². The lowest BCUT2D eigenvalue weighted by Crippen LogP contribution is -2.48. The minimum Gasteiger partial charge on any atom is -0.368 e. The summed E-state index contributed by atoms with van der Waals surface area (Å²) in [4.78, 5) is 20.9. The molecule has 2 aromatic carbocycles. The van der Waals surface area contributed by atoms with Gasteiger partial charge in [0.1, 0.15) is 0 Å². The van der Waals surface area contributed by atoms with E-state index < -0.39 is 0 Å². The van der Waals surface area contributed by atoms with Crippen molar-refractivity contribution in [1.29, 1.82) is 0 Å². The summed E-state index contributed by atoms with van der Waals surface area (Å²) in [6.45, 7) is 3.34. The monoisotopic (exact) mass is 392 g/mol. The number of thiophene rings is 1. The molecule has 0 bridgehead atoms. The Hall–Kier alpha value is -2.24. The first-order chi connectivity index (χ1) is 13.3. The topological polar surface area (TPSA) is 23.6 Å². The molecular weight excluding hydrogens is 372 g/mol. The Kier molecular flexibility index (Phi) is 4.42. The number of piperazine rings is 1. The van der Waals surface area contributed by atoms with Gasteiger partial charge in [0.2, 0.25) is 0 Å². The number of para-hydroxylation sites is 1. The average Bonchev–Trinajstić information content (AvgIpc) is 3.19. The van der Waals surface area contributed by atoms with E-state index in [1.807, 2.05) is 22.7 Å². The molecule has 1 amide bonds. The largest absolute Gasteiger partial charge is 0.368 e. The Morgan fingerprint density at radius 3 is 2.44 bits per heavy atom. The summed E-state index contributed by atoms with van der Waals surface area (Å²) in [6.07, 6.45) is 0. The van der Waals surface area contributed by atoms with Crippen LogP contribution in [0.25, 0.3) is 10.4 Å². The number of carbonyl (C=O) groups excluding carboxylic acids is 1. The van der Waals surface area contributed by atoms with E-state index in [-0.39, 0.29) is 5.91 Å². The highest BCUT2D eigenvalue weighted by molar-refractivity contribution is 7.98. The molecule has 5 rings (SSSR count). The smallest absolute Gasteiger partial charge is 0.264 e. The number of hydrogen-bond donors (Lipinski definition) is 0. The molecule has 0 saturated carbocycles. The highest BCUT2D eigenvalue weighted by Gasteiger charge is 2.26. The first-order valence-electron chi connectivity index (χ1n) is 9.24. The molecule has 3 nitrogen and oxygen atoms in total. The second-order valence-electron chi connectivity index (χ2n) is 6.86. The minimum absolute atomic E-state index is 0.185. The van der Waals surface area contributed by atoms with Crippen LogP contribution in [0.3, 0.4) is 0 Å². The number of fused-ring (bicyclic) bond motifs is 3. The summed E-state index contributed by atoms with van der Waals surface area (Å²) in [5.41, 5.74) is 3.82. The average molecular weight is 393 g/mol. The van der Waals surface area contributed by atoms with Gasteiger partial charge < -0.3 is 9.80 Å². The Morgan fingerprint density at radius 2 is 1.63 bits per heavy atom. The fourth-order valence-electron chi connectivity index (χ4n) is 3.77. The zero-order chi connectivity index (χ0) is 18.2. The molecule has 0 radical (unpaired) electrons. The Morgan fingerprint density at radius 1 is 0.889 bits per heavy atom. The van der Waals surface area contributed by atoms with Crippen LogP contribution in [0, 0.1) is 0 Å². The normalized spacial score (nSPS) is 16.0. The van der Waals surface area contributed by atoms with E-state index in [2.05, 4.69) is 59.5 Å². The summed E-state index contributed by atoms with van der Waals surface area (Å²) in [5, 5.41) is 0. The van der Waals surface area contributed by atoms with Crippen molar-refractivity contribution in [3.63, 3.8) is 0 Å². The van der Waals surface area contributed by atoms with Gasteiger partial charge in [0.25, 0.3) is 5.91 Å². The van der Waals surface area contributed by atoms with Gasteiger partial charge in [-0.2, -0.15) is 0 Å². The van der Waals surface area contributed by atoms with Crippen LogP contribution in [0.2, 0.25) is 0 Å². The number of anilines is 1. The second-order valence-corrected chi connectivity index (χ2v) is 8.93. The van der Waals surface area contributed by atoms with Gasteiger partial charge >= 0.3 is 0 Å². The van der Waals surface area contributed by atoms with E-state index in [9.17, 15) is 4.79 Å². The summed E-state index contributed by atoms with van der Waals surface area (Å²) in [6, 6.07) is 21.1. The molecule has 27 heavy (non-hydrogen) atoms. The maximum atomic E-state index is 13.1. The molecule has 2 aliphatic heterocycles. The van der Waals surface area contributed by atoms with E-state index in [0.717, 1.165) is 36.8 Å². The van der Waals surface area contributed by atoms with Gasteiger partial charge in [0, 0.05) is 53.0 Å². The Labute approximate surface area is 167 Å². The van der Waals surface area contributed by atoms with E-state index in [4.69, 9.17) is 0 Å². The molecule has 136 valence electrons. The molecule has 0 atom stereocenters. The predicted molar refractivity (Wildman–Crippen MR) is 114 cm³/mol. The third kappa shape index (κ3) is 3.15. The Bertz CT molecular complexity index is 975. The number of hydrogen-bond acceptors (Lipinski definition) is 4. The summed E-state index contributed by atoms with van der Waals surface area (Å²) >= 11 is 3.52. The quantitative estimate of drug-likeness (QED) is 0.614. The van der Waals surface area contributed by atoms with Gasteiger partial charge in [-0.15, -0.1) is 23.1 Å². The minimum atomic E-state index is 0.185. The molecule has 3 heterocycles. The predicted octanol–water partition coefficient (Wildman–Crippen LogP) is 4.98. The molecule has 0 N–H and O–H groups in total. The number of carbonyl (C=O) groups is 1. The van der Waals surface area contributed by atoms with E-state index in [1.54, 1.807) is 11.3 Å². The zero-order valence-electron chi connectivity index (χ0n) is 14.9. The lowest BCUT2D eigenvalue weighted by molar-refractivity contribution is 0.0751. The molecule has 1 fully saturated rings. The first-order valence-corrected chi connectivity index (χ1v) is 11.0. The number of nitrogens with zero attached hydrogens (tertiary/aromatic N) is 2. The molecule has 1 saturated heterocycles. The summed E-state index contributed by atoms with van der Waals surface area (Å²) in [5.74, 6) is 1.14. The standard InChI is InChI=1S/C22H20N2OS2/c25-22(24-12-10-23(11-13-24)17-6-2-1-3-7-17)20-14-16-15-26-19-9-5-4-8-18(19)21(16)27-20/h1-9,14H,10-13,15H2. The number of benzene rings is 2. The van der Waals surface area contributed by atoms with E-state index in [1.165, 1.54) is 26.6 Å². The van der Waals surface area contributed by atoms with Crippen molar-refractivity contribution in [1.82, 2.24) is 4.90 Å². The van der Waals surface area contributed by atoms with Crippen LogP contribution in [0.5, 0.6) is 0 Å². The van der Waals surface area contributed by atoms with Crippen molar-refractivity contribution in [2.24, 2.45) is 0 Å². The SMILES string of the molecule is O=C(c1cc2c(s1)-c1ccccc1SC2)N1CCN(c2ccccc2)CC1. The number of thioether (sulfide) groups is 1. The lowest BCUT2D eigenvalue weighted by Gasteiger charge is -2.36. The van der Waals surface area contributed by atoms with Crippen LogP contribution in [0.4, 0.5) is 5.69 Å². The molecule has 0 unspecified atom stereocenters. The van der Waals surface area contributed by atoms with E-state index in [0.29, 0.717) is 0 Å². The fourth-order valence-corrected chi connectivity index (χ4v) is 6.15. The number of amides is 1. The van der Waals surface area contributed by atoms with Crippen LogP contribution in [-0.2, 0) is 5.75 Å². The van der Waals surface area contributed by atoms with Gasteiger partial charge in [-0.1, -0.05) is 36.4 Å². The highest BCUT2D eigenvalue weighted by Crippen LogP contribution is 2.45. The first kappa shape index (κ1) is 16.9. The van der Waals surface area contributed by atoms with Gasteiger partial charge in [-0.3, -0.25) is 4.79 Å². The van der Waals surface area contributed by atoms with Crippen LogP contribution < -0.4 is 4.90 Å². The van der Waals surface area contributed by atoms with Crippen molar-refractivity contribution in [2.75, 3.05) is 31.1 Å². The molecule has 0 aliphatic carbocycles. The maximum absolute atomic E-state index is 13.1. The van der Waals surface area contributed by atoms with Gasteiger partial charge in [0.15, 0.2) is 0 Å². The molecule has 2 aliphatic rings. The zero-order valence-corrected chi connectivity index (χ0v) is 16.6. The van der Waals surface area contributed by atoms with Crippen molar-refractivity contribution in [2.45, 2.75) is 10.6 Å². The van der Waals surface area contributed by atoms with Crippen molar-refractivity contribution >= 4 is 34.7 Å². The second kappa shape index (κ2) is 7.06. The molecular formula is C22H20N2OS2. The lowest BCUT2D eigenvalue weighted by atomic mass is 10.1. The van der Waals surface area contributed by atoms with Crippen LogP contribution in [-0.4, -0.2) is 37.0 Å².